The largest absolute Gasteiger partial charge is 0.471 e. The third-order valence-electron chi connectivity index (χ3n) is 6.19. The lowest BCUT2D eigenvalue weighted by Gasteiger charge is -2.37. The van der Waals surface area contributed by atoms with Crippen molar-refractivity contribution in [2.45, 2.75) is 31.9 Å². The minimum absolute atomic E-state index is 0.228. The second-order valence-corrected chi connectivity index (χ2v) is 11.2. The van der Waals surface area contributed by atoms with Crippen LogP contribution in [0.25, 0.3) is 22.4 Å². The molecule has 1 aliphatic heterocycles. The van der Waals surface area contributed by atoms with E-state index in [1.165, 1.54) is 0 Å². The van der Waals surface area contributed by atoms with Gasteiger partial charge in [0.25, 0.3) is 5.91 Å². The lowest BCUT2D eigenvalue weighted by Crippen LogP contribution is -2.41. The Morgan fingerprint density at radius 2 is 1.59 bits per heavy atom. The zero-order valence-electron chi connectivity index (χ0n) is 20.0. The van der Waals surface area contributed by atoms with Crippen LogP contribution in [0.2, 0.25) is 20.1 Å². The summed E-state index contributed by atoms with van der Waals surface area (Å²) in [5.74, 6) is 0.209. The van der Waals surface area contributed by atoms with Crippen LogP contribution < -0.4 is 10.1 Å². The Bertz CT molecular complexity index is 1500. The molecule has 4 aromatic rings. The highest BCUT2D eigenvalue weighted by molar-refractivity contribution is 6.36. The molecule has 0 aliphatic carbocycles. The van der Waals surface area contributed by atoms with Gasteiger partial charge < -0.3 is 10.1 Å². The van der Waals surface area contributed by atoms with Gasteiger partial charge >= 0.3 is 0 Å². The Hall–Kier alpha value is -2.76. The molecule has 0 saturated carbocycles. The maximum atomic E-state index is 13.2. The molecule has 1 atom stereocenters. The molecular weight excluding hydrogens is 550 g/mol. The van der Waals surface area contributed by atoms with Gasteiger partial charge in [-0.25, -0.2) is 4.98 Å². The molecule has 4 nitrogen and oxygen atoms in total. The van der Waals surface area contributed by atoms with E-state index in [4.69, 9.17) is 56.1 Å². The number of hydrogen-bond donors (Lipinski definition) is 1. The first-order valence-electron chi connectivity index (χ1n) is 11.6. The number of pyridine rings is 1. The molecule has 3 aromatic carbocycles. The Kier molecular flexibility index (Phi) is 7.12. The van der Waals surface area contributed by atoms with Gasteiger partial charge in [0.05, 0.1) is 16.8 Å². The smallest absolute Gasteiger partial charge is 0.251 e. The fourth-order valence-electron chi connectivity index (χ4n) is 4.48. The molecule has 0 saturated heterocycles. The van der Waals surface area contributed by atoms with Gasteiger partial charge in [0.1, 0.15) is 5.60 Å². The van der Waals surface area contributed by atoms with Crippen LogP contribution in [0.4, 0.5) is 0 Å². The predicted molar refractivity (Wildman–Crippen MR) is 151 cm³/mol. The number of aromatic nitrogens is 1. The van der Waals surface area contributed by atoms with E-state index in [2.05, 4.69) is 5.32 Å². The molecule has 37 heavy (non-hydrogen) atoms. The zero-order chi connectivity index (χ0) is 26.3. The number of nitrogens with one attached hydrogen (secondary N) is 1. The van der Waals surface area contributed by atoms with E-state index in [1.54, 1.807) is 36.4 Å². The van der Waals surface area contributed by atoms with Crippen molar-refractivity contribution in [1.82, 2.24) is 10.3 Å². The SMILES string of the molecule is CC1(C)C[C@@H](NC(=O)c2cccc(Cl)c2)c2cc(-c3ccc(Cl)cc3)c(-c3ccc(Cl)cc3Cl)nc2O1. The zero-order valence-corrected chi connectivity index (χ0v) is 23.0. The predicted octanol–water partition coefficient (Wildman–Crippen LogP) is 9.06. The van der Waals surface area contributed by atoms with Crippen molar-refractivity contribution in [1.29, 1.82) is 0 Å². The van der Waals surface area contributed by atoms with Crippen LogP contribution in [-0.4, -0.2) is 16.5 Å². The van der Waals surface area contributed by atoms with Gasteiger partial charge in [-0.05, 0) is 74.0 Å². The number of ether oxygens (including phenoxy) is 1. The molecular formula is C29H22Cl4N2O2. The maximum absolute atomic E-state index is 13.2. The van der Waals surface area contributed by atoms with E-state index in [9.17, 15) is 4.79 Å². The van der Waals surface area contributed by atoms with Crippen molar-refractivity contribution in [2.24, 2.45) is 0 Å². The molecule has 1 N–H and O–H groups in total. The van der Waals surface area contributed by atoms with Crippen molar-refractivity contribution in [2.75, 3.05) is 0 Å². The van der Waals surface area contributed by atoms with E-state index in [1.807, 2.05) is 50.2 Å². The van der Waals surface area contributed by atoms with Crippen LogP contribution in [0.5, 0.6) is 5.88 Å². The summed E-state index contributed by atoms with van der Waals surface area (Å²) in [6.45, 7) is 3.94. The first-order chi connectivity index (χ1) is 17.6. The normalized spacial score (nSPS) is 16.0. The van der Waals surface area contributed by atoms with Gasteiger partial charge in [0.2, 0.25) is 5.88 Å². The van der Waals surface area contributed by atoms with Gasteiger partial charge in [-0.3, -0.25) is 4.79 Å². The Labute approximate surface area is 235 Å². The topological polar surface area (TPSA) is 51.2 Å². The van der Waals surface area contributed by atoms with Gasteiger partial charge in [-0.1, -0.05) is 64.6 Å². The lowest BCUT2D eigenvalue weighted by molar-refractivity contribution is 0.0572. The van der Waals surface area contributed by atoms with E-state index >= 15 is 0 Å². The van der Waals surface area contributed by atoms with Crippen LogP contribution in [0.15, 0.2) is 72.8 Å². The fourth-order valence-corrected chi connectivity index (χ4v) is 5.30. The summed E-state index contributed by atoms with van der Waals surface area (Å²) >= 11 is 25.1. The number of carbonyl (C=O) groups is 1. The average Bonchev–Trinajstić information content (AvgIpc) is 2.83. The van der Waals surface area contributed by atoms with Crippen LogP contribution >= 0.6 is 46.4 Å². The Morgan fingerprint density at radius 1 is 0.892 bits per heavy atom. The van der Waals surface area contributed by atoms with Crippen LogP contribution in [0.1, 0.15) is 42.2 Å². The summed E-state index contributed by atoms with van der Waals surface area (Å²) < 4.78 is 6.32. The molecule has 8 heteroatoms. The number of fused-ring (bicyclic) bond motifs is 1. The Morgan fingerprint density at radius 3 is 2.30 bits per heavy atom. The summed E-state index contributed by atoms with van der Waals surface area (Å²) in [7, 11) is 0. The summed E-state index contributed by atoms with van der Waals surface area (Å²) in [5, 5.41) is 5.27. The number of hydrogen-bond acceptors (Lipinski definition) is 3. The van der Waals surface area contributed by atoms with Crippen molar-refractivity contribution in [3.05, 3.63) is 104 Å². The molecule has 0 spiro atoms. The van der Waals surface area contributed by atoms with E-state index in [-0.39, 0.29) is 11.9 Å². The third kappa shape index (κ3) is 5.58. The third-order valence-corrected chi connectivity index (χ3v) is 7.23. The number of nitrogens with zero attached hydrogens (tertiary/aromatic N) is 1. The Balaban J connectivity index is 1.66. The highest BCUT2D eigenvalue weighted by Crippen LogP contribution is 2.45. The van der Waals surface area contributed by atoms with Crippen LogP contribution in [-0.2, 0) is 0 Å². The molecule has 0 unspecified atom stereocenters. The molecule has 188 valence electrons. The number of halogens is 4. The molecule has 1 amide bonds. The standard InChI is InChI=1S/C29H22Cl4N2O2/c1-29(2)15-25(34-27(36)17-4-3-5-19(31)12-17)23-14-22(16-6-8-18(30)9-7-16)26(35-28(23)37-29)21-11-10-20(32)13-24(21)33/h3-14,25H,15H2,1-2H3,(H,34,36)/t25-/m1/s1. The van der Waals surface area contributed by atoms with Gasteiger partial charge in [-0.15, -0.1) is 0 Å². The minimum Gasteiger partial charge on any atom is -0.471 e. The van der Waals surface area contributed by atoms with Gasteiger partial charge in [-0.2, -0.15) is 0 Å². The van der Waals surface area contributed by atoms with E-state index in [0.29, 0.717) is 49.2 Å². The van der Waals surface area contributed by atoms with Gasteiger partial charge in [0.15, 0.2) is 0 Å². The molecule has 1 aliphatic rings. The van der Waals surface area contributed by atoms with Crippen LogP contribution in [0.3, 0.4) is 0 Å². The molecule has 5 rings (SSSR count). The number of benzene rings is 3. The summed E-state index contributed by atoms with van der Waals surface area (Å²) in [6, 6.07) is 21.3. The second-order valence-electron chi connectivity index (χ2n) is 9.51. The average molecular weight is 572 g/mol. The monoisotopic (exact) mass is 570 g/mol. The van der Waals surface area contributed by atoms with Crippen molar-refractivity contribution in [3.63, 3.8) is 0 Å². The van der Waals surface area contributed by atoms with E-state index < -0.39 is 5.60 Å². The first-order valence-corrected chi connectivity index (χ1v) is 13.1. The lowest BCUT2D eigenvalue weighted by atomic mass is 9.88. The fraction of sp³-hybridized carbons (Fsp3) is 0.172. The summed E-state index contributed by atoms with van der Waals surface area (Å²) in [4.78, 5) is 18.1. The summed E-state index contributed by atoms with van der Waals surface area (Å²) in [6.07, 6.45) is 0.551. The molecule has 0 radical (unpaired) electrons. The van der Waals surface area contributed by atoms with E-state index in [0.717, 1.165) is 16.7 Å². The van der Waals surface area contributed by atoms with Crippen LogP contribution in [0, 0.1) is 0 Å². The van der Waals surface area contributed by atoms with Crippen molar-refractivity contribution in [3.8, 4) is 28.3 Å². The minimum atomic E-state index is -0.574. The van der Waals surface area contributed by atoms with Crippen molar-refractivity contribution >= 4 is 52.3 Å². The molecule has 0 bridgehead atoms. The second kappa shape index (κ2) is 10.2. The number of amides is 1. The number of rotatable bonds is 4. The van der Waals surface area contributed by atoms with Gasteiger partial charge in [0, 0.05) is 43.7 Å². The maximum Gasteiger partial charge on any atom is 0.251 e. The van der Waals surface area contributed by atoms with Crippen molar-refractivity contribution < 1.29 is 9.53 Å². The highest BCUT2D eigenvalue weighted by Gasteiger charge is 2.37. The first kappa shape index (κ1) is 25.9. The molecule has 0 fully saturated rings. The number of carbonyl (C=O) groups excluding carboxylic acids is 1. The molecule has 2 heterocycles. The highest BCUT2D eigenvalue weighted by atomic mass is 35.5. The molecule has 1 aromatic heterocycles. The summed E-state index contributed by atoms with van der Waals surface area (Å²) in [5.41, 5.74) is 3.75. The quantitative estimate of drug-likeness (QED) is 0.266.